The summed E-state index contributed by atoms with van der Waals surface area (Å²) in [6, 6.07) is 8.20. The SMILES string of the molecule is O=C(C/C=C/c1ccncc1)N1CCN(c2ccc(F)cc2Cl)CC1. The van der Waals surface area contributed by atoms with Gasteiger partial charge in [-0.3, -0.25) is 9.78 Å². The Bertz CT molecular complexity index is 759. The molecule has 3 rings (SSSR count). The highest BCUT2D eigenvalue weighted by atomic mass is 35.5. The molecule has 1 aliphatic heterocycles. The van der Waals surface area contributed by atoms with Gasteiger partial charge >= 0.3 is 0 Å². The molecule has 0 spiro atoms. The zero-order valence-corrected chi connectivity index (χ0v) is 14.5. The van der Waals surface area contributed by atoms with Gasteiger partial charge in [-0.15, -0.1) is 0 Å². The molecule has 1 fully saturated rings. The van der Waals surface area contributed by atoms with Gasteiger partial charge in [-0.05, 0) is 35.9 Å². The van der Waals surface area contributed by atoms with Crippen LogP contribution in [0.15, 0.2) is 48.8 Å². The lowest BCUT2D eigenvalue weighted by molar-refractivity contribution is -0.130. The van der Waals surface area contributed by atoms with Crippen molar-refractivity contribution in [1.29, 1.82) is 0 Å². The first-order valence-corrected chi connectivity index (χ1v) is 8.55. The predicted molar refractivity (Wildman–Crippen MR) is 98.1 cm³/mol. The van der Waals surface area contributed by atoms with Gasteiger partial charge in [0.05, 0.1) is 10.7 Å². The number of pyridine rings is 1. The molecule has 1 saturated heterocycles. The van der Waals surface area contributed by atoms with Crippen molar-refractivity contribution in [3.8, 4) is 0 Å². The minimum Gasteiger partial charge on any atom is -0.367 e. The minimum absolute atomic E-state index is 0.107. The molecule has 1 aromatic heterocycles. The number of amides is 1. The van der Waals surface area contributed by atoms with Crippen LogP contribution in [0.25, 0.3) is 6.08 Å². The van der Waals surface area contributed by atoms with Gasteiger partial charge in [-0.25, -0.2) is 4.39 Å². The molecule has 2 heterocycles. The van der Waals surface area contributed by atoms with Crippen LogP contribution in [0.2, 0.25) is 5.02 Å². The number of piperazine rings is 1. The summed E-state index contributed by atoms with van der Waals surface area (Å²) in [5, 5.41) is 0.403. The molecule has 0 radical (unpaired) electrons. The van der Waals surface area contributed by atoms with Crippen molar-refractivity contribution >= 4 is 29.3 Å². The summed E-state index contributed by atoms with van der Waals surface area (Å²) in [7, 11) is 0. The lowest BCUT2D eigenvalue weighted by atomic mass is 10.2. The van der Waals surface area contributed by atoms with Crippen LogP contribution in [-0.4, -0.2) is 42.0 Å². The largest absolute Gasteiger partial charge is 0.367 e. The van der Waals surface area contributed by atoms with Crippen LogP contribution in [-0.2, 0) is 4.79 Å². The highest BCUT2D eigenvalue weighted by Gasteiger charge is 2.21. The fourth-order valence-corrected chi connectivity index (χ4v) is 3.12. The van der Waals surface area contributed by atoms with Gasteiger partial charge in [0.1, 0.15) is 5.82 Å². The Morgan fingerprint density at radius 1 is 1.16 bits per heavy atom. The molecule has 0 bridgehead atoms. The van der Waals surface area contributed by atoms with E-state index >= 15 is 0 Å². The molecule has 1 aliphatic rings. The molecule has 4 nitrogen and oxygen atoms in total. The van der Waals surface area contributed by atoms with E-state index in [1.165, 1.54) is 12.1 Å². The van der Waals surface area contributed by atoms with E-state index in [0.29, 0.717) is 37.6 Å². The Hall–Kier alpha value is -2.40. The zero-order chi connectivity index (χ0) is 17.6. The summed E-state index contributed by atoms with van der Waals surface area (Å²) in [6.45, 7) is 2.64. The van der Waals surface area contributed by atoms with Gasteiger partial charge < -0.3 is 9.80 Å². The monoisotopic (exact) mass is 359 g/mol. The number of carbonyl (C=O) groups is 1. The molecular formula is C19H19ClFN3O. The van der Waals surface area contributed by atoms with Crippen molar-refractivity contribution < 1.29 is 9.18 Å². The molecule has 0 unspecified atom stereocenters. The Morgan fingerprint density at radius 3 is 2.56 bits per heavy atom. The molecule has 0 saturated carbocycles. The summed E-state index contributed by atoms with van der Waals surface area (Å²) in [4.78, 5) is 20.2. The third kappa shape index (κ3) is 4.57. The number of anilines is 1. The molecule has 130 valence electrons. The number of hydrogen-bond acceptors (Lipinski definition) is 3. The Kier molecular flexibility index (Phi) is 5.66. The highest BCUT2D eigenvalue weighted by Crippen LogP contribution is 2.27. The van der Waals surface area contributed by atoms with E-state index in [-0.39, 0.29) is 11.7 Å². The van der Waals surface area contributed by atoms with Crippen molar-refractivity contribution in [2.24, 2.45) is 0 Å². The first-order valence-electron chi connectivity index (χ1n) is 8.18. The van der Waals surface area contributed by atoms with Crippen LogP contribution in [0.3, 0.4) is 0 Å². The molecule has 0 atom stereocenters. The molecule has 6 heteroatoms. The maximum absolute atomic E-state index is 13.2. The number of nitrogens with zero attached hydrogens (tertiary/aromatic N) is 3. The number of benzene rings is 1. The predicted octanol–water partition coefficient (Wildman–Crippen LogP) is 3.63. The lowest BCUT2D eigenvalue weighted by Crippen LogP contribution is -2.48. The van der Waals surface area contributed by atoms with Crippen molar-refractivity contribution in [1.82, 2.24) is 9.88 Å². The Labute approximate surface area is 151 Å². The molecule has 2 aromatic rings. The van der Waals surface area contributed by atoms with E-state index < -0.39 is 0 Å². The molecule has 1 amide bonds. The van der Waals surface area contributed by atoms with Crippen molar-refractivity contribution in [3.63, 3.8) is 0 Å². The third-order valence-corrected chi connectivity index (χ3v) is 4.49. The van der Waals surface area contributed by atoms with Crippen LogP contribution in [0.4, 0.5) is 10.1 Å². The standard InChI is InChI=1S/C19H19ClFN3O/c20-17-14-16(21)4-5-18(17)23-10-12-24(13-11-23)19(25)3-1-2-15-6-8-22-9-7-15/h1-2,4-9,14H,3,10-13H2/b2-1+. The van der Waals surface area contributed by atoms with Crippen molar-refractivity contribution in [2.45, 2.75) is 6.42 Å². The van der Waals surface area contributed by atoms with E-state index in [9.17, 15) is 9.18 Å². The third-order valence-electron chi connectivity index (χ3n) is 4.19. The molecule has 25 heavy (non-hydrogen) atoms. The van der Waals surface area contributed by atoms with Gasteiger partial charge in [0.15, 0.2) is 0 Å². The highest BCUT2D eigenvalue weighted by molar-refractivity contribution is 6.33. The number of hydrogen-bond donors (Lipinski definition) is 0. The number of aromatic nitrogens is 1. The second-order valence-electron chi connectivity index (χ2n) is 5.85. The van der Waals surface area contributed by atoms with E-state index in [1.54, 1.807) is 18.5 Å². The van der Waals surface area contributed by atoms with E-state index in [0.717, 1.165) is 11.3 Å². The van der Waals surface area contributed by atoms with Gasteiger partial charge in [-0.2, -0.15) is 0 Å². The van der Waals surface area contributed by atoms with Gasteiger partial charge in [0.25, 0.3) is 0 Å². The summed E-state index contributed by atoms with van der Waals surface area (Å²) in [5.41, 5.74) is 1.84. The summed E-state index contributed by atoms with van der Waals surface area (Å²) in [5.74, 6) is -0.237. The first-order chi connectivity index (χ1) is 12.1. The second kappa shape index (κ2) is 8.12. The van der Waals surface area contributed by atoms with Gasteiger partial charge in [-0.1, -0.05) is 23.8 Å². The lowest BCUT2D eigenvalue weighted by Gasteiger charge is -2.36. The number of carbonyl (C=O) groups excluding carboxylic acids is 1. The average molecular weight is 360 g/mol. The van der Waals surface area contributed by atoms with Crippen LogP contribution < -0.4 is 4.90 Å². The maximum atomic E-state index is 13.2. The van der Waals surface area contributed by atoms with Crippen molar-refractivity contribution in [2.75, 3.05) is 31.1 Å². The molecular weight excluding hydrogens is 341 g/mol. The smallest absolute Gasteiger partial charge is 0.226 e. The number of rotatable bonds is 4. The van der Waals surface area contributed by atoms with Gasteiger partial charge in [0.2, 0.25) is 5.91 Å². The Morgan fingerprint density at radius 2 is 1.88 bits per heavy atom. The fraction of sp³-hybridized carbons (Fsp3) is 0.263. The van der Waals surface area contributed by atoms with Crippen LogP contribution in [0.5, 0.6) is 0 Å². The average Bonchev–Trinajstić information content (AvgIpc) is 2.63. The molecule has 1 aromatic carbocycles. The van der Waals surface area contributed by atoms with E-state index in [2.05, 4.69) is 9.88 Å². The van der Waals surface area contributed by atoms with Crippen LogP contribution in [0, 0.1) is 5.82 Å². The maximum Gasteiger partial charge on any atom is 0.226 e. The van der Waals surface area contributed by atoms with Crippen molar-refractivity contribution in [3.05, 3.63) is 65.2 Å². The van der Waals surface area contributed by atoms with Crippen LogP contribution in [0.1, 0.15) is 12.0 Å². The minimum atomic E-state index is -0.344. The fourth-order valence-electron chi connectivity index (χ4n) is 2.83. The van der Waals surface area contributed by atoms with E-state index in [1.807, 2.05) is 29.2 Å². The molecule has 0 N–H and O–H groups in total. The Balaban J connectivity index is 1.51. The van der Waals surface area contributed by atoms with Crippen LogP contribution >= 0.6 is 11.6 Å². The van der Waals surface area contributed by atoms with E-state index in [4.69, 9.17) is 11.6 Å². The molecule has 0 aliphatic carbocycles. The zero-order valence-electron chi connectivity index (χ0n) is 13.7. The topological polar surface area (TPSA) is 36.4 Å². The quantitative estimate of drug-likeness (QED) is 0.836. The second-order valence-corrected chi connectivity index (χ2v) is 6.26. The summed E-state index contributed by atoms with van der Waals surface area (Å²) in [6.07, 6.45) is 7.62. The first kappa shape index (κ1) is 17.4. The van der Waals surface area contributed by atoms with Gasteiger partial charge in [0, 0.05) is 45.0 Å². The normalized spacial score (nSPS) is 15.0. The summed E-state index contributed by atoms with van der Waals surface area (Å²) < 4.78 is 13.2. The number of halogens is 2. The summed E-state index contributed by atoms with van der Waals surface area (Å²) >= 11 is 6.11.